The molecule has 1 atom stereocenters. The Morgan fingerprint density at radius 2 is 2.20 bits per heavy atom. The summed E-state index contributed by atoms with van der Waals surface area (Å²) in [6.07, 6.45) is 6.75. The molecule has 3 heteroatoms. The summed E-state index contributed by atoms with van der Waals surface area (Å²) in [7, 11) is 0. The van der Waals surface area contributed by atoms with Crippen molar-refractivity contribution in [2.75, 3.05) is 31.5 Å². The maximum Gasteiger partial charge on any atom is 0.125 e. The van der Waals surface area contributed by atoms with E-state index >= 15 is 0 Å². The number of rotatable bonds is 6. The van der Waals surface area contributed by atoms with Crippen LogP contribution in [0.1, 0.15) is 39.0 Å². The van der Waals surface area contributed by atoms with Gasteiger partial charge in [-0.1, -0.05) is 25.8 Å². The molecule has 0 spiro atoms. The number of halogens is 1. The molecular weight excluding hydrogens is 251 g/mol. The highest BCUT2D eigenvalue weighted by Crippen LogP contribution is 2.21. The van der Waals surface area contributed by atoms with Crippen LogP contribution >= 0.6 is 0 Å². The highest BCUT2D eigenvalue weighted by Gasteiger charge is 2.15. The van der Waals surface area contributed by atoms with Crippen molar-refractivity contribution in [3.05, 3.63) is 30.1 Å². The van der Waals surface area contributed by atoms with Gasteiger partial charge in [0.05, 0.1) is 0 Å². The SMILES string of the molecule is CCCC1CCCN(CCNc2cccc(F)c2)CC1. The van der Waals surface area contributed by atoms with Crippen LogP contribution < -0.4 is 5.32 Å². The van der Waals surface area contributed by atoms with Crippen molar-refractivity contribution in [3.8, 4) is 0 Å². The summed E-state index contributed by atoms with van der Waals surface area (Å²) in [5.74, 6) is 0.758. The monoisotopic (exact) mass is 278 g/mol. The molecular formula is C17H27FN2. The number of anilines is 1. The van der Waals surface area contributed by atoms with Crippen LogP contribution in [0.4, 0.5) is 10.1 Å². The molecule has 0 bridgehead atoms. The molecule has 1 aliphatic heterocycles. The first kappa shape index (κ1) is 15.3. The molecule has 1 aromatic carbocycles. The van der Waals surface area contributed by atoms with Crippen LogP contribution in [0.25, 0.3) is 0 Å². The molecule has 1 N–H and O–H groups in total. The van der Waals surface area contributed by atoms with Gasteiger partial charge in [-0.3, -0.25) is 0 Å². The molecule has 1 saturated heterocycles. The molecule has 0 amide bonds. The van der Waals surface area contributed by atoms with E-state index in [1.165, 1.54) is 51.3 Å². The molecule has 2 nitrogen and oxygen atoms in total. The lowest BCUT2D eigenvalue weighted by Gasteiger charge is -2.20. The Hall–Kier alpha value is -1.09. The third kappa shape index (κ3) is 5.12. The predicted molar refractivity (Wildman–Crippen MR) is 83.6 cm³/mol. The number of likely N-dealkylation sites (tertiary alicyclic amines) is 1. The first-order valence-electron chi connectivity index (χ1n) is 7.99. The predicted octanol–water partition coefficient (Wildman–Crippen LogP) is 4.14. The minimum Gasteiger partial charge on any atom is -0.384 e. The fourth-order valence-corrected chi connectivity index (χ4v) is 3.10. The van der Waals surface area contributed by atoms with E-state index in [1.807, 2.05) is 6.07 Å². The summed E-state index contributed by atoms with van der Waals surface area (Å²) in [6.45, 7) is 6.66. The molecule has 112 valence electrons. The van der Waals surface area contributed by atoms with E-state index in [9.17, 15) is 4.39 Å². The van der Waals surface area contributed by atoms with Crippen molar-refractivity contribution < 1.29 is 4.39 Å². The van der Waals surface area contributed by atoms with Gasteiger partial charge in [0.15, 0.2) is 0 Å². The van der Waals surface area contributed by atoms with Crippen LogP contribution in [-0.4, -0.2) is 31.1 Å². The molecule has 0 aromatic heterocycles. The highest BCUT2D eigenvalue weighted by atomic mass is 19.1. The molecule has 1 aliphatic rings. The largest absolute Gasteiger partial charge is 0.384 e. The summed E-state index contributed by atoms with van der Waals surface area (Å²) >= 11 is 0. The van der Waals surface area contributed by atoms with Crippen molar-refractivity contribution in [2.45, 2.75) is 39.0 Å². The van der Waals surface area contributed by atoms with E-state index in [-0.39, 0.29) is 5.82 Å². The third-order valence-corrected chi connectivity index (χ3v) is 4.22. The molecule has 20 heavy (non-hydrogen) atoms. The zero-order valence-corrected chi connectivity index (χ0v) is 12.6. The van der Waals surface area contributed by atoms with Gasteiger partial charge in [0.25, 0.3) is 0 Å². The lowest BCUT2D eigenvalue weighted by atomic mass is 9.96. The molecule has 0 saturated carbocycles. The van der Waals surface area contributed by atoms with Crippen molar-refractivity contribution in [1.29, 1.82) is 0 Å². The summed E-state index contributed by atoms with van der Waals surface area (Å²) in [5.41, 5.74) is 0.878. The van der Waals surface area contributed by atoms with E-state index in [0.717, 1.165) is 24.7 Å². The summed E-state index contributed by atoms with van der Waals surface area (Å²) in [5, 5.41) is 3.31. The number of nitrogens with zero attached hydrogens (tertiary/aromatic N) is 1. The number of benzene rings is 1. The van der Waals surface area contributed by atoms with Crippen LogP contribution in [0.15, 0.2) is 24.3 Å². The normalized spacial score (nSPS) is 20.6. The average molecular weight is 278 g/mol. The van der Waals surface area contributed by atoms with Crippen LogP contribution in [0.5, 0.6) is 0 Å². The standard InChI is InChI=1S/C17H27FN2/c1-2-5-15-6-4-11-20(12-9-15)13-10-19-17-8-3-7-16(18)14-17/h3,7-8,14-15,19H,2,4-6,9-13H2,1H3. The second kappa shape index (κ2) is 8.25. The van der Waals surface area contributed by atoms with Gasteiger partial charge in [0.2, 0.25) is 0 Å². The summed E-state index contributed by atoms with van der Waals surface area (Å²) < 4.78 is 13.1. The number of hydrogen-bond donors (Lipinski definition) is 1. The average Bonchev–Trinajstić information content (AvgIpc) is 2.65. The quantitative estimate of drug-likeness (QED) is 0.841. The molecule has 2 rings (SSSR count). The molecule has 1 aromatic rings. The molecule has 0 radical (unpaired) electrons. The second-order valence-electron chi connectivity index (χ2n) is 5.86. The zero-order chi connectivity index (χ0) is 14.2. The van der Waals surface area contributed by atoms with Crippen LogP contribution in [-0.2, 0) is 0 Å². The van der Waals surface area contributed by atoms with E-state index < -0.39 is 0 Å². The Morgan fingerprint density at radius 3 is 3.00 bits per heavy atom. The Morgan fingerprint density at radius 1 is 1.30 bits per heavy atom. The van der Waals surface area contributed by atoms with E-state index in [0.29, 0.717) is 0 Å². The second-order valence-corrected chi connectivity index (χ2v) is 5.86. The third-order valence-electron chi connectivity index (χ3n) is 4.22. The maximum absolute atomic E-state index is 13.1. The van der Waals surface area contributed by atoms with Gasteiger partial charge in [-0.25, -0.2) is 4.39 Å². The summed E-state index contributed by atoms with van der Waals surface area (Å²) in [4.78, 5) is 2.54. The molecule has 0 aliphatic carbocycles. The number of hydrogen-bond acceptors (Lipinski definition) is 2. The fourth-order valence-electron chi connectivity index (χ4n) is 3.10. The van der Waals surface area contributed by atoms with Gasteiger partial charge < -0.3 is 10.2 Å². The van der Waals surface area contributed by atoms with Gasteiger partial charge in [0, 0.05) is 18.8 Å². The van der Waals surface area contributed by atoms with E-state index in [1.54, 1.807) is 12.1 Å². The van der Waals surface area contributed by atoms with Crippen LogP contribution in [0.2, 0.25) is 0 Å². The molecule has 1 heterocycles. The van der Waals surface area contributed by atoms with Gasteiger partial charge in [-0.2, -0.15) is 0 Å². The van der Waals surface area contributed by atoms with Crippen molar-refractivity contribution in [2.24, 2.45) is 5.92 Å². The van der Waals surface area contributed by atoms with Gasteiger partial charge in [-0.15, -0.1) is 0 Å². The maximum atomic E-state index is 13.1. The zero-order valence-electron chi connectivity index (χ0n) is 12.6. The van der Waals surface area contributed by atoms with Crippen molar-refractivity contribution >= 4 is 5.69 Å². The van der Waals surface area contributed by atoms with E-state index in [4.69, 9.17) is 0 Å². The summed E-state index contributed by atoms with van der Waals surface area (Å²) in [6, 6.07) is 6.70. The first-order chi connectivity index (χ1) is 9.78. The van der Waals surface area contributed by atoms with Crippen molar-refractivity contribution in [3.63, 3.8) is 0 Å². The fraction of sp³-hybridized carbons (Fsp3) is 0.647. The Bertz CT molecular complexity index is 394. The van der Waals surface area contributed by atoms with Gasteiger partial charge in [-0.05, 0) is 56.5 Å². The number of nitrogens with one attached hydrogen (secondary N) is 1. The smallest absolute Gasteiger partial charge is 0.125 e. The lowest BCUT2D eigenvalue weighted by molar-refractivity contribution is 0.289. The Kier molecular flexibility index (Phi) is 6.31. The topological polar surface area (TPSA) is 15.3 Å². The molecule has 1 fully saturated rings. The molecule has 1 unspecified atom stereocenters. The van der Waals surface area contributed by atoms with Crippen LogP contribution in [0.3, 0.4) is 0 Å². The first-order valence-corrected chi connectivity index (χ1v) is 7.99. The Labute approximate surface area is 122 Å². The van der Waals surface area contributed by atoms with Gasteiger partial charge in [0.1, 0.15) is 5.82 Å². The van der Waals surface area contributed by atoms with Crippen LogP contribution in [0, 0.1) is 11.7 Å². The van der Waals surface area contributed by atoms with Crippen molar-refractivity contribution in [1.82, 2.24) is 4.90 Å². The lowest BCUT2D eigenvalue weighted by Crippen LogP contribution is -2.30. The van der Waals surface area contributed by atoms with E-state index in [2.05, 4.69) is 17.1 Å². The minimum atomic E-state index is -0.174. The highest BCUT2D eigenvalue weighted by molar-refractivity contribution is 5.42. The minimum absolute atomic E-state index is 0.174. The Balaban J connectivity index is 1.69. The van der Waals surface area contributed by atoms with Gasteiger partial charge >= 0.3 is 0 Å².